The quantitative estimate of drug-likeness (QED) is 0.528. The van der Waals surface area contributed by atoms with Gasteiger partial charge in [0.25, 0.3) is 0 Å². The average Bonchev–Trinajstić information content (AvgIpc) is 2.33. The predicted molar refractivity (Wildman–Crippen MR) is 36.3 cm³/mol. The van der Waals surface area contributed by atoms with Crippen molar-refractivity contribution in [3.05, 3.63) is 12.2 Å². The van der Waals surface area contributed by atoms with Crippen LogP contribution in [0.25, 0.3) is 0 Å². The van der Waals surface area contributed by atoms with E-state index in [1.807, 2.05) is 4.68 Å². The van der Waals surface area contributed by atoms with Gasteiger partial charge < -0.3 is 5.73 Å². The van der Waals surface area contributed by atoms with Crippen LogP contribution in [-0.4, -0.2) is 20.8 Å². The van der Waals surface area contributed by atoms with Gasteiger partial charge in [-0.25, -0.2) is 9.67 Å². The molecular formula is C6H10N4. The molecule has 0 aromatic carbocycles. The topological polar surface area (TPSA) is 56.7 Å². The second kappa shape index (κ2) is 2.05. The van der Waals surface area contributed by atoms with Crippen LogP contribution in [-0.2, 0) is 13.0 Å². The van der Waals surface area contributed by atoms with Gasteiger partial charge in [-0.2, -0.15) is 5.10 Å². The van der Waals surface area contributed by atoms with Gasteiger partial charge in [0.15, 0.2) is 0 Å². The largest absolute Gasteiger partial charge is 0.327 e. The molecule has 0 fully saturated rings. The molecule has 0 saturated carbocycles. The van der Waals surface area contributed by atoms with Crippen molar-refractivity contribution in [1.82, 2.24) is 14.8 Å². The summed E-state index contributed by atoms with van der Waals surface area (Å²) in [4.78, 5) is 4.08. The molecule has 0 bridgehead atoms. The lowest BCUT2D eigenvalue weighted by molar-refractivity contribution is 0.432. The van der Waals surface area contributed by atoms with Crippen molar-refractivity contribution in [3.63, 3.8) is 0 Å². The van der Waals surface area contributed by atoms with Gasteiger partial charge in [-0.1, -0.05) is 0 Å². The summed E-state index contributed by atoms with van der Waals surface area (Å²) >= 11 is 0. The first-order valence-electron chi connectivity index (χ1n) is 3.48. The SMILES string of the molecule is NC1CCn2ncnc2C1. The maximum atomic E-state index is 5.73. The number of rotatable bonds is 0. The molecule has 1 unspecified atom stereocenters. The van der Waals surface area contributed by atoms with E-state index in [2.05, 4.69) is 10.1 Å². The highest BCUT2D eigenvalue weighted by molar-refractivity contribution is 4.92. The van der Waals surface area contributed by atoms with Crippen LogP contribution in [0.1, 0.15) is 12.2 Å². The summed E-state index contributed by atoms with van der Waals surface area (Å²) in [5.74, 6) is 1.03. The van der Waals surface area contributed by atoms with Gasteiger partial charge >= 0.3 is 0 Å². The molecule has 0 amide bonds. The molecule has 1 aliphatic heterocycles. The second-order valence-corrected chi connectivity index (χ2v) is 2.65. The molecule has 0 aliphatic carbocycles. The van der Waals surface area contributed by atoms with E-state index in [9.17, 15) is 0 Å². The van der Waals surface area contributed by atoms with E-state index in [1.54, 1.807) is 6.33 Å². The minimum Gasteiger partial charge on any atom is -0.327 e. The Kier molecular flexibility index (Phi) is 1.20. The third-order valence-electron chi connectivity index (χ3n) is 1.85. The van der Waals surface area contributed by atoms with Crippen LogP contribution >= 0.6 is 0 Å². The van der Waals surface area contributed by atoms with Gasteiger partial charge in [0.1, 0.15) is 12.2 Å². The molecule has 0 radical (unpaired) electrons. The normalized spacial score (nSPS) is 24.3. The zero-order valence-corrected chi connectivity index (χ0v) is 5.70. The minimum absolute atomic E-state index is 0.289. The highest BCUT2D eigenvalue weighted by Gasteiger charge is 2.15. The Bertz CT molecular complexity index is 229. The van der Waals surface area contributed by atoms with Crippen LogP contribution in [0.2, 0.25) is 0 Å². The summed E-state index contributed by atoms with van der Waals surface area (Å²) < 4.78 is 1.92. The average molecular weight is 138 g/mol. The van der Waals surface area contributed by atoms with E-state index in [-0.39, 0.29) is 6.04 Å². The molecule has 1 atom stereocenters. The summed E-state index contributed by atoms with van der Waals surface area (Å²) in [6.07, 6.45) is 3.49. The van der Waals surface area contributed by atoms with Gasteiger partial charge in [0.2, 0.25) is 0 Å². The smallest absolute Gasteiger partial charge is 0.138 e. The zero-order valence-electron chi connectivity index (χ0n) is 5.70. The molecule has 4 nitrogen and oxygen atoms in total. The van der Waals surface area contributed by atoms with Crippen LogP contribution in [0, 0.1) is 0 Å². The second-order valence-electron chi connectivity index (χ2n) is 2.65. The number of aromatic nitrogens is 3. The summed E-state index contributed by atoms with van der Waals surface area (Å²) in [6, 6.07) is 0.289. The van der Waals surface area contributed by atoms with Crippen molar-refractivity contribution in [1.29, 1.82) is 0 Å². The molecular weight excluding hydrogens is 128 g/mol. The molecule has 54 valence electrons. The lowest BCUT2D eigenvalue weighted by atomic mass is 10.1. The maximum absolute atomic E-state index is 5.73. The van der Waals surface area contributed by atoms with Crippen molar-refractivity contribution < 1.29 is 0 Å². The highest BCUT2D eigenvalue weighted by atomic mass is 15.3. The van der Waals surface area contributed by atoms with E-state index in [0.717, 1.165) is 25.2 Å². The van der Waals surface area contributed by atoms with Gasteiger partial charge in [-0.05, 0) is 6.42 Å². The van der Waals surface area contributed by atoms with Crippen molar-refractivity contribution >= 4 is 0 Å². The minimum atomic E-state index is 0.289. The summed E-state index contributed by atoms with van der Waals surface area (Å²) in [5.41, 5.74) is 5.73. The molecule has 2 rings (SSSR count). The number of nitrogens with zero attached hydrogens (tertiary/aromatic N) is 3. The number of nitrogens with two attached hydrogens (primary N) is 1. The van der Waals surface area contributed by atoms with E-state index in [0.29, 0.717) is 0 Å². The highest BCUT2D eigenvalue weighted by Crippen LogP contribution is 2.08. The number of hydrogen-bond acceptors (Lipinski definition) is 3. The van der Waals surface area contributed by atoms with E-state index >= 15 is 0 Å². The first-order chi connectivity index (χ1) is 4.86. The Labute approximate surface area is 59.1 Å². The third-order valence-corrected chi connectivity index (χ3v) is 1.85. The third kappa shape index (κ3) is 0.806. The van der Waals surface area contributed by atoms with Crippen LogP contribution in [0.3, 0.4) is 0 Å². The van der Waals surface area contributed by atoms with Crippen molar-refractivity contribution in [2.45, 2.75) is 25.4 Å². The molecule has 1 aromatic rings. The maximum Gasteiger partial charge on any atom is 0.138 e. The fourth-order valence-electron chi connectivity index (χ4n) is 1.26. The summed E-state index contributed by atoms with van der Waals surface area (Å²) in [7, 11) is 0. The van der Waals surface area contributed by atoms with Crippen LogP contribution in [0.15, 0.2) is 6.33 Å². The molecule has 1 aromatic heterocycles. The lowest BCUT2D eigenvalue weighted by Gasteiger charge is -2.17. The standard InChI is InChI=1S/C6H10N4/c7-5-1-2-10-6(3-5)8-4-9-10/h4-5H,1-3,7H2. The monoisotopic (exact) mass is 138 g/mol. The van der Waals surface area contributed by atoms with E-state index in [1.165, 1.54) is 0 Å². The first-order valence-corrected chi connectivity index (χ1v) is 3.48. The Morgan fingerprint density at radius 1 is 1.70 bits per heavy atom. The van der Waals surface area contributed by atoms with Crippen LogP contribution in [0.5, 0.6) is 0 Å². The van der Waals surface area contributed by atoms with Crippen LogP contribution < -0.4 is 5.73 Å². The van der Waals surface area contributed by atoms with Gasteiger partial charge in [0.05, 0.1) is 0 Å². The molecule has 10 heavy (non-hydrogen) atoms. The van der Waals surface area contributed by atoms with Crippen molar-refractivity contribution in [3.8, 4) is 0 Å². The molecule has 0 spiro atoms. The molecule has 2 N–H and O–H groups in total. The first kappa shape index (κ1) is 5.85. The number of fused-ring (bicyclic) bond motifs is 1. The van der Waals surface area contributed by atoms with Gasteiger partial charge in [-0.3, -0.25) is 0 Å². The molecule has 2 heterocycles. The van der Waals surface area contributed by atoms with E-state index in [4.69, 9.17) is 5.73 Å². The Morgan fingerprint density at radius 3 is 3.50 bits per heavy atom. The van der Waals surface area contributed by atoms with Crippen molar-refractivity contribution in [2.24, 2.45) is 5.73 Å². The lowest BCUT2D eigenvalue weighted by Crippen LogP contribution is -2.31. The molecule has 4 heteroatoms. The number of aryl methyl sites for hydroxylation is 1. The number of hydrogen-bond donors (Lipinski definition) is 1. The van der Waals surface area contributed by atoms with Crippen LogP contribution in [0.4, 0.5) is 0 Å². The summed E-state index contributed by atoms with van der Waals surface area (Å²) in [6.45, 7) is 0.927. The van der Waals surface area contributed by atoms with Gasteiger partial charge in [0, 0.05) is 19.0 Å². The predicted octanol–water partition coefficient (Wildman–Crippen LogP) is -0.448. The molecule has 1 aliphatic rings. The fourth-order valence-corrected chi connectivity index (χ4v) is 1.26. The fraction of sp³-hybridized carbons (Fsp3) is 0.667. The Morgan fingerprint density at radius 2 is 2.60 bits per heavy atom. The van der Waals surface area contributed by atoms with Gasteiger partial charge in [-0.15, -0.1) is 0 Å². The Balaban J connectivity index is 2.30. The summed E-state index contributed by atoms with van der Waals surface area (Å²) in [5, 5.41) is 4.04. The zero-order chi connectivity index (χ0) is 6.97. The molecule has 0 saturated heterocycles. The Hall–Kier alpha value is -0.900. The van der Waals surface area contributed by atoms with Crippen molar-refractivity contribution in [2.75, 3.05) is 0 Å². The van der Waals surface area contributed by atoms with E-state index < -0.39 is 0 Å².